The zero-order valence-corrected chi connectivity index (χ0v) is 9.56. The summed E-state index contributed by atoms with van der Waals surface area (Å²) in [5.74, 6) is 0.620. The van der Waals surface area contributed by atoms with Crippen molar-refractivity contribution in [3.8, 4) is 0 Å². The van der Waals surface area contributed by atoms with E-state index in [0.717, 1.165) is 19.5 Å². The Hall–Kier alpha value is -0.900. The van der Waals surface area contributed by atoms with Gasteiger partial charge < -0.3 is 4.90 Å². The highest BCUT2D eigenvalue weighted by Gasteiger charge is 2.05. The van der Waals surface area contributed by atoms with Gasteiger partial charge in [-0.05, 0) is 20.0 Å². The molecule has 0 bridgehead atoms. The molecule has 1 aromatic heterocycles. The van der Waals surface area contributed by atoms with Crippen molar-refractivity contribution in [1.82, 2.24) is 19.9 Å². The Morgan fingerprint density at radius 2 is 2.14 bits per heavy atom. The Kier molecular flexibility index (Phi) is 4.07. The van der Waals surface area contributed by atoms with Gasteiger partial charge in [0.1, 0.15) is 0 Å². The molecule has 0 N–H and O–H groups in total. The number of likely N-dealkylation sites (N-methyl/N-ethyl adjacent to an activating group) is 1. The highest BCUT2D eigenvalue weighted by molar-refractivity contribution is 4.94. The summed E-state index contributed by atoms with van der Waals surface area (Å²) in [6.45, 7) is 6.39. The van der Waals surface area contributed by atoms with E-state index in [1.165, 1.54) is 5.69 Å². The van der Waals surface area contributed by atoms with Gasteiger partial charge in [-0.3, -0.25) is 0 Å². The Labute approximate surface area is 85.9 Å². The molecule has 0 unspecified atom stereocenters. The molecule has 0 amide bonds. The summed E-state index contributed by atoms with van der Waals surface area (Å²) in [5.41, 5.74) is 1.23. The smallest absolute Gasteiger partial charge is 0.0725 e. The van der Waals surface area contributed by atoms with Crippen LogP contribution < -0.4 is 0 Å². The highest BCUT2D eigenvalue weighted by atomic mass is 15.4. The summed E-state index contributed by atoms with van der Waals surface area (Å²) in [7, 11) is 4.16. The lowest BCUT2D eigenvalue weighted by molar-refractivity contribution is 0.397. The summed E-state index contributed by atoms with van der Waals surface area (Å²) in [4.78, 5) is 2.17. The van der Waals surface area contributed by atoms with Gasteiger partial charge in [-0.25, -0.2) is 4.68 Å². The summed E-state index contributed by atoms with van der Waals surface area (Å²) in [6, 6.07) is 0. The van der Waals surface area contributed by atoms with Crippen LogP contribution >= 0.6 is 0 Å². The summed E-state index contributed by atoms with van der Waals surface area (Å²) < 4.78 is 2.01. The van der Waals surface area contributed by atoms with Crippen LogP contribution in [0, 0.1) is 5.92 Å². The minimum Gasteiger partial charge on any atom is -0.309 e. The van der Waals surface area contributed by atoms with Crippen molar-refractivity contribution < 1.29 is 0 Å². The van der Waals surface area contributed by atoms with Crippen LogP contribution in [0.1, 0.15) is 19.5 Å². The third kappa shape index (κ3) is 3.46. The van der Waals surface area contributed by atoms with E-state index in [-0.39, 0.29) is 0 Å². The fourth-order valence-electron chi connectivity index (χ4n) is 1.31. The van der Waals surface area contributed by atoms with Crippen molar-refractivity contribution in [2.24, 2.45) is 5.92 Å². The number of rotatable bonds is 5. The van der Waals surface area contributed by atoms with Crippen LogP contribution in [0.2, 0.25) is 0 Å². The number of aromatic nitrogens is 3. The van der Waals surface area contributed by atoms with Crippen LogP contribution in [-0.4, -0.2) is 40.5 Å². The normalized spacial score (nSPS) is 11.6. The predicted octanol–water partition coefficient (Wildman–Crippen LogP) is 1.04. The lowest BCUT2D eigenvalue weighted by Crippen LogP contribution is -2.18. The van der Waals surface area contributed by atoms with Crippen molar-refractivity contribution in [2.45, 2.75) is 26.8 Å². The Morgan fingerprint density at radius 3 is 2.71 bits per heavy atom. The Bertz CT molecular complexity index is 265. The van der Waals surface area contributed by atoms with E-state index < -0.39 is 0 Å². The van der Waals surface area contributed by atoms with Crippen molar-refractivity contribution >= 4 is 0 Å². The van der Waals surface area contributed by atoms with Crippen LogP contribution in [0.15, 0.2) is 6.20 Å². The molecule has 0 saturated heterocycles. The minimum absolute atomic E-state index is 0.620. The van der Waals surface area contributed by atoms with Crippen LogP contribution in [0.3, 0.4) is 0 Å². The molecule has 1 aromatic rings. The molecule has 0 fully saturated rings. The van der Waals surface area contributed by atoms with E-state index in [1.54, 1.807) is 0 Å². The quantitative estimate of drug-likeness (QED) is 0.705. The van der Waals surface area contributed by atoms with Crippen molar-refractivity contribution in [3.63, 3.8) is 0 Å². The fraction of sp³-hybridized carbons (Fsp3) is 0.800. The number of hydrogen-bond acceptors (Lipinski definition) is 3. The van der Waals surface area contributed by atoms with Crippen LogP contribution in [0.4, 0.5) is 0 Å². The molecule has 0 saturated carbocycles. The summed E-state index contributed by atoms with van der Waals surface area (Å²) in [5, 5.41) is 8.03. The van der Waals surface area contributed by atoms with Crippen LogP contribution in [0.5, 0.6) is 0 Å². The van der Waals surface area contributed by atoms with E-state index in [0.29, 0.717) is 5.92 Å². The molecule has 0 aliphatic carbocycles. The molecule has 0 aliphatic heterocycles. The first kappa shape index (κ1) is 11.2. The topological polar surface area (TPSA) is 34.0 Å². The Morgan fingerprint density at radius 1 is 1.43 bits per heavy atom. The molecule has 14 heavy (non-hydrogen) atoms. The minimum atomic E-state index is 0.620. The van der Waals surface area contributed by atoms with E-state index in [4.69, 9.17) is 0 Å². The average Bonchev–Trinajstić information content (AvgIpc) is 2.47. The van der Waals surface area contributed by atoms with Gasteiger partial charge in [0.05, 0.1) is 11.9 Å². The van der Waals surface area contributed by atoms with Gasteiger partial charge in [0.25, 0.3) is 0 Å². The van der Waals surface area contributed by atoms with Crippen LogP contribution in [-0.2, 0) is 13.0 Å². The van der Waals surface area contributed by atoms with E-state index in [2.05, 4.69) is 43.2 Å². The maximum atomic E-state index is 4.08. The van der Waals surface area contributed by atoms with Gasteiger partial charge in [0, 0.05) is 19.5 Å². The van der Waals surface area contributed by atoms with Crippen LogP contribution in [0.25, 0.3) is 0 Å². The molecule has 1 heterocycles. The fourth-order valence-corrected chi connectivity index (χ4v) is 1.31. The van der Waals surface area contributed by atoms with Gasteiger partial charge in [0.2, 0.25) is 0 Å². The first-order valence-corrected chi connectivity index (χ1v) is 5.11. The highest BCUT2D eigenvalue weighted by Crippen LogP contribution is 2.03. The summed E-state index contributed by atoms with van der Waals surface area (Å²) >= 11 is 0. The number of nitrogens with zero attached hydrogens (tertiary/aromatic N) is 4. The molecule has 4 heteroatoms. The van der Waals surface area contributed by atoms with Crippen molar-refractivity contribution in [3.05, 3.63) is 11.9 Å². The van der Waals surface area contributed by atoms with E-state index in [1.807, 2.05) is 10.9 Å². The molecule has 0 atom stereocenters. The second-order valence-electron chi connectivity index (χ2n) is 4.35. The zero-order valence-electron chi connectivity index (χ0n) is 9.56. The second-order valence-corrected chi connectivity index (χ2v) is 4.35. The predicted molar refractivity (Wildman–Crippen MR) is 57.1 cm³/mol. The third-order valence-electron chi connectivity index (χ3n) is 2.05. The van der Waals surface area contributed by atoms with Gasteiger partial charge in [0.15, 0.2) is 0 Å². The maximum Gasteiger partial charge on any atom is 0.0725 e. The zero-order chi connectivity index (χ0) is 10.6. The van der Waals surface area contributed by atoms with Gasteiger partial charge in [-0.15, -0.1) is 5.10 Å². The van der Waals surface area contributed by atoms with E-state index >= 15 is 0 Å². The Balaban J connectivity index is 2.53. The largest absolute Gasteiger partial charge is 0.309 e. The first-order chi connectivity index (χ1) is 6.59. The second kappa shape index (κ2) is 5.10. The molecule has 1 rings (SSSR count). The van der Waals surface area contributed by atoms with Gasteiger partial charge in [-0.1, -0.05) is 19.1 Å². The SMILES string of the molecule is CC(C)Cn1nncc1CCN(C)C. The monoisotopic (exact) mass is 196 g/mol. The number of hydrogen-bond donors (Lipinski definition) is 0. The maximum absolute atomic E-state index is 4.08. The molecule has 0 aromatic carbocycles. The lowest BCUT2D eigenvalue weighted by Gasteiger charge is -2.11. The molecular formula is C10H20N4. The first-order valence-electron chi connectivity index (χ1n) is 5.11. The molecular weight excluding hydrogens is 176 g/mol. The van der Waals surface area contributed by atoms with Gasteiger partial charge in [-0.2, -0.15) is 0 Å². The molecule has 0 radical (unpaired) electrons. The molecule has 0 aliphatic rings. The van der Waals surface area contributed by atoms with E-state index in [9.17, 15) is 0 Å². The van der Waals surface area contributed by atoms with Gasteiger partial charge >= 0.3 is 0 Å². The summed E-state index contributed by atoms with van der Waals surface area (Å²) in [6.07, 6.45) is 2.89. The van der Waals surface area contributed by atoms with Crippen molar-refractivity contribution in [2.75, 3.05) is 20.6 Å². The average molecular weight is 196 g/mol. The molecule has 4 nitrogen and oxygen atoms in total. The van der Waals surface area contributed by atoms with Crippen molar-refractivity contribution in [1.29, 1.82) is 0 Å². The third-order valence-corrected chi connectivity index (χ3v) is 2.05. The molecule has 0 spiro atoms. The lowest BCUT2D eigenvalue weighted by atomic mass is 10.2. The standard InChI is InChI=1S/C10H20N4/c1-9(2)8-14-10(7-11-12-14)5-6-13(3)4/h7,9H,5-6,8H2,1-4H3. The molecule has 80 valence electrons.